The molecule has 332 valence electrons. The average Bonchev–Trinajstić information content (AvgIpc) is 4.00. The number of aryl methyl sites for hydroxylation is 1. The summed E-state index contributed by atoms with van der Waals surface area (Å²) in [6, 6.07) is 21.5. The van der Waals surface area contributed by atoms with Gasteiger partial charge < -0.3 is 36.4 Å². The van der Waals surface area contributed by atoms with Crippen LogP contribution >= 0.6 is 0 Å². The molecule has 3 saturated heterocycles. The Labute approximate surface area is 363 Å². The minimum Gasteiger partial charge on any atom is -0.465 e. The molecule has 6 rings (SSSR count). The van der Waals surface area contributed by atoms with Crippen molar-refractivity contribution in [1.29, 1.82) is 0 Å². The topological polar surface area (TPSA) is 211 Å². The molecule has 62 heavy (non-hydrogen) atoms. The van der Waals surface area contributed by atoms with Gasteiger partial charge in [-0.3, -0.25) is 29.0 Å². The Morgan fingerprint density at radius 1 is 0.613 bits per heavy atom. The van der Waals surface area contributed by atoms with Gasteiger partial charge in [0.05, 0.1) is 12.1 Å². The minimum atomic E-state index is -1.44. The van der Waals surface area contributed by atoms with Crippen molar-refractivity contribution in [3.8, 4) is 0 Å². The maximum absolute atomic E-state index is 14.1. The molecule has 0 radical (unpaired) electrons. The van der Waals surface area contributed by atoms with Crippen LogP contribution in [0, 0.1) is 18.8 Å². The van der Waals surface area contributed by atoms with E-state index in [9.17, 15) is 39.0 Å². The highest BCUT2D eigenvalue weighted by Crippen LogP contribution is 2.49. The molecule has 0 unspecified atom stereocenters. The lowest BCUT2D eigenvalue weighted by molar-refractivity contribution is -0.148. The summed E-state index contributed by atoms with van der Waals surface area (Å²) in [5, 5.41) is 19.6. The Morgan fingerprint density at radius 3 is 1.27 bits per heavy atom. The van der Waals surface area contributed by atoms with Crippen LogP contribution in [0.2, 0.25) is 0 Å². The molecule has 6 atom stereocenters. The van der Waals surface area contributed by atoms with Crippen molar-refractivity contribution < 1.29 is 39.0 Å². The van der Waals surface area contributed by atoms with E-state index in [0.717, 1.165) is 45.0 Å². The van der Waals surface area contributed by atoms with E-state index in [1.165, 1.54) is 23.9 Å². The van der Waals surface area contributed by atoms with Gasteiger partial charge in [0.2, 0.25) is 23.6 Å². The van der Waals surface area contributed by atoms with Crippen molar-refractivity contribution in [2.75, 3.05) is 32.1 Å². The van der Waals surface area contributed by atoms with E-state index in [4.69, 9.17) is 11.5 Å². The minimum absolute atomic E-state index is 0.0871. The number of nitrogens with zero attached hydrogens (tertiary/aromatic N) is 5. The molecular weight excluding hydrogens is 791 g/mol. The second-order valence-corrected chi connectivity index (χ2v) is 17.9. The van der Waals surface area contributed by atoms with Crippen molar-refractivity contribution in [2.45, 2.75) is 108 Å². The SMILES string of the molecule is Cc1ccc(N2[C@@H](c3ccc([C@]4(C(N)=O)CCCN4C(=O)[C@H](C(C)C)N(C)C(=O)O)cc3)CC[C@@H]2c2ccc([C@]3(C(N)=O)CCCN3C(=O)[C@H](C(C)C)N(C)C(=O)O)cc2)cc1. The lowest BCUT2D eigenvalue weighted by Gasteiger charge is -2.41. The summed E-state index contributed by atoms with van der Waals surface area (Å²) >= 11 is 0. The number of anilines is 1. The number of carbonyl (C=O) groups excluding carboxylic acids is 4. The Kier molecular flexibility index (Phi) is 13.0. The van der Waals surface area contributed by atoms with Crippen LogP contribution in [0.5, 0.6) is 0 Å². The zero-order chi connectivity index (χ0) is 45.4. The van der Waals surface area contributed by atoms with Crippen LogP contribution in [0.15, 0.2) is 72.8 Å². The maximum Gasteiger partial charge on any atom is 0.407 e. The lowest BCUT2D eigenvalue weighted by Crippen LogP contribution is -2.59. The lowest BCUT2D eigenvalue weighted by atomic mass is 9.84. The summed E-state index contributed by atoms with van der Waals surface area (Å²) in [5.41, 5.74) is 14.7. The first-order chi connectivity index (χ1) is 29.3. The monoisotopic (exact) mass is 851 g/mol. The van der Waals surface area contributed by atoms with Gasteiger partial charge in [-0.2, -0.15) is 0 Å². The number of carboxylic acid groups (broad SMARTS) is 2. The van der Waals surface area contributed by atoms with Gasteiger partial charge in [-0.05, 0) is 91.7 Å². The van der Waals surface area contributed by atoms with E-state index in [-0.39, 0.29) is 37.0 Å². The van der Waals surface area contributed by atoms with Crippen LogP contribution in [0.4, 0.5) is 15.3 Å². The molecular formula is C47H61N7O8. The molecule has 3 aliphatic rings. The largest absolute Gasteiger partial charge is 0.465 e. The highest BCUT2D eigenvalue weighted by Gasteiger charge is 2.54. The van der Waals surface area contributed by atoms with Crippen molar-refractivity contribution in [2.24, 2.45) is 23.3 Å². The Bertz CT molecular complexity index is 2050. The van der Waals surface area contributed by atoms with Gasteiger partial charge in [-0.1, -0.05) is 93.9 Å². The van der Waals surface area contributed by atoms with Crippen LogP contribution in [0.1, 0.15) is 106 Å². The number of primary amides is 2. The standard InChI is InChI=1S/C47H61N7O8/c1-28(2)38(50(6)44(59)60)40(55)52-26-8-24-46(52,42(48)57)33-16-12-31(13-17-33)36-22-23-37(54(36)35-20-10-30(5)11-21-35)32-14-18-34(19-15-32)47(43(49)58)25-9-27-53(47)41(56)39(29(3)4)51(7)45(61)62/h10-21,28-29,36-39H,8-9,22-27H2,1-7H3,(H2,48,57)(H2,49,58)(H,59,60)(H,61,62)/t36-,37-,38+,39+,46+,47+/m1/s1. The number of likely N-dealkylation sites (N-methyl/N-ethyl adjacent to an activating group) is 2. The molecule has 6 amide bonds. The number of amides is 6. The Morgan fingerprint density at radius 2 is 0.968 bits per heavy atom. The first-order valence-electron chi connectivity index (χ1n) is 21.5. The zero-order valence-corrected chi connectivity index (χ0v) is 36.8. The van der Waals surface area contributed by atoms with Gasteiger partial charge in [-0.25, -0.2) is 9.59 Å². The first kappa shape index (κ1) is 45.4. The zero-order valence-electron chi connectivity index (χ0n) is 36.8. The fraction of sp³-hybridized carbons (Fsp3) is 0.489. The van der Waals surface area contributed by atoms with E-state index in [2.05, 4.69) is 29.2 Å². The van der Waals surface area contributed by atoms with Crippen LogP contribution in [0.3, 0.4) is 0 Å². The van der Waals surface area contributed by atoms with Gasteiger partial charge in [0.1, 0.15) is 23.2 Å². The normalized spacial score (nSPS) is 23.4. The van der Waals surface area contributed by atoms with Crippen molar-refractivity contribution in [3.63, 3.8) is 0 Å². The number of likely N-dealkylation sites (tertiary alicyclic amines) is 2. The summed E-state index contributed by atoms with van der Waals surface area (Å²) in [7, 11) is 2.73. The predicted molar refractivity (Wildman–Crippen MR) is 234 cm³/mol. The summed E-state index contributed by atoms with van der Waals surface area (Å²) in [4.78, 5) is 86.5. The molecule has 3 heterocycles. The number of hydrogen-bond acceptors (Lipinski definition) is 7. The van der Waals surface area contributed by atoms with Gasteiger partial charge in [0, 0.05) is 32.9 Å². The summed E-state index contributed by atoms with van der Waals surface area (Å²) in [6.45, 7) is 9.67. The van der Waals surface area contributed by atoms with Gasteiger partial charge in [0.15, 0.2) is 0 Å². The molecule has 6 N–H and O–H groups in total. The molecule has 0 aromatic heterocycles. The van der Waals surface area contributed by atoms with E-state index in [1.54, 1.807) is 27.7 Å². The number of benzene rings is 3. The van der Waals surface area contributed by atoms with Crippen molar-refractivity contribution >= 4 is 41.5 Å². The summed E-state index contributed by atoms with van der Waals surface area (Å²) in [6.07, 6.45) is 0.764. The number of hydrogen-bond donors (Lipinski definition) is 4. The summed E-state index contributed by atoms with van der Waals surface area (Å²) < 4.78 is 0. The maximum atomic E-state index is 14.1. The molecule has 3 aromatic carbocycles. The molecule has 15 nitrogen and oxygen atoms in total. The van der Waals surface area contributed by atoms with E-state index in [0.29, 0.717) is 36.8 Å². The van der Waals surface area contributed by atoms with Crippen molar-refractivity contribution in [1.82, 2.24) is 19.6 Å². The average molecular weight is 852 g/mol. The second-order valence-electron chi connectivity index (χ2n) is 17.9. The molecule has 15 heteroatoms. The van der Waals surface area contributed by atoms with E-state index < -0.39 is 59.0 Å². The highest BCUT2D eigenvalue weighted by atomic mass is 16.4. The fourth-order valence-corrected chi connectivity index (χ4v) is 10.5. The van der Waals surface area contributed by atoms with Gasteiger partial charge in [0.25, 0.3) is 0 Å². The Hall–Kier alpha value is -6.12. The molecule has 0 bridgehead atoms. The molecule has 0 aliphatic carbocycles. The number of carbonyl (C=O) groups is 6. The van der Waals surface area contributed by atoms with E-state index in [1.807, 2.05) is 55.5 Å². The fourth-order valence-electron chi connectivity index (χ4n) is 10.5. The molecule has 3 fully saturated rings. The third-order valence-electron chi connectivity index (χ3n) is 13.6. The van der Waals surface area contributed by atoms with Crippen LogP contribution in [-0.2, 0) is 30.3 Å². The number of nitrogens with two attached hydrogens (primary N) is 2. The van der Waals surface area contributed by atoms with Crippen LogP contribution in [-0.4, -0.2) is 105 Å². The molecule has 0 saturated carbocycles. The summed E-state index contributed by atoms with van der Waals surface area (Å²) in [5.74, 6) is -2.95. The first-order valence-corrected chi connectivity index (χ1v) is 21.5. The highest BCUT2D eigenvalue weighted by molar-refractivity contribution is 5.96. The Balaban J connectivity index is 1.33. The smallest absolute Gasteiger partial charge is 0.407 e. The van der Waals surface area contributed by atoms with Crippen molar-refractivity contribution in [3.05, 3.63) is 101 Å². The molecule has 3 aromatic rings. The number of rotatable bonds is 13. The third-order valence-corrected chi connectivity index (χ3v) is 13.6. The molecule has 0 spiro atoms. The molecule has 3 aliphatic heterocycles. The third kappa shape index (κ3) is 7.81. The van der Waals surface area contributed by atoms with E-state index >= 15 is 0 Å². The second kappa shape index (κ2) is 17.7. The van der Waals surface area contributed by atoms with Gasteiger partial charge in [-0.15, -0.1) is 0 Å². The predicted octanol–water partition coefficient (Wildman–Crippen LogP) is 5.95. The van der Waals surface area contributed by atoms with Crippen LogP contribution in [0.25, 0.3) is 0 Å². The van der Waals surface area contributed by atoms with Crippen LogP contribution < -0.4 is 16.4 Å². The van der Waals surface area contributed by atoms with Gasteiger partial charge >= 0.3 is 12.2 Å². The quantitative estimate of drug-likeness (QED) is 0.160.